The highest BCUT2D eigenvalue weighted by Crippen LogP contribution is 2.24. The molecule has 146 valence electrons. The van der Waals surface area contributed by atoms with Crippen molar-refractivity contribution in [3.05, 3.63) is 59.1 Å². The van der Waals surface area contributed by atoms with Crippen LogP contribution in [0, 0.1) is 0 Å². The van der Waals surface area contributed by atoms with Gasteiger partial charge in [0.15, 0.2) is 0 Å². The van der Waals surface area contributed by atoms with Crippen molar-refractivity contribution in [1.29, 1.82) is 0 Å². The maximum Gasteiger partial charge on any atom is 0.243 e. The third kappa shape index (κ3) is 5.61. The first kappa shape index (κ1) is 21.1. The Morgan fingerprint density at radius 1 is 1.22 bits per heavy atom. The molecule has 0 aliphatic carbocycles. The Balaban J connectivity index is 2.19. The lowest BCUT2D eigenvalue weighted by Crippen LogP contribution is -2.47. The van der Waals surface area contributed by atoms with Crippen molar-refractivity contribution in [2.24, 2.45) is 0 Å². The smallest absolute Gasteiger partial charge is 0.243 e. The molecular formula is C19H23ClN2O4S. The number of rotatable bonds is 8. The molecule has 0 radical (unpaired) electrons. The second-order valence-corrected chi connectivity index (χ2v) is 8.27. The maximum absolute atomic E-state index is 12.6. The summed E-state index contributed by atoms with van der Waals surface area (Å²) in [6.45, 7) is 4.16. The van der Waals surface area contributed by atoms with Gasteiger partial charge >= 0.3 is 0 Å². The van der Waals surface area contributed by atoms with Gasteiger partial charge in [0, 0.05) is 17.1 Å². The Morgan fingerprint density at radius 2 is 1.93 bits per heavy atom. The number of anilines is 1. The molecule has 0 saturated heterocycles. The number of hydrogen-bond donors (Lipinski definition) is 1. The number of para-hydroxylation sites is 1. The molecule has 0 aliphatic heterocycles. The number of sulfonamides is 1. The lowest BCUT2D eigenvalue weighted by atomic mass is 10.2. The van der Waals surface area contributed by atoms with E-state index >= 15 is 0 Å². The second-order valence-electron chi connectivity index (χ2n) is 5.97. The van der Waals surface area contributed by atoms with E-state index in [0.717, 1.165) is 16.1 Å². The molecule has 6 nitrogen and oxygen atoms in total. The van der Waals surface area contributed by atoms with E-state index in [1.807, 2.05) is 31.2 Å². The first-order chi connectivity index (χ1) is 12.7. The average molecular weight is 411 g/mol. The standard InChI is InChI=1S/C19H23ClN2O4S/c1-4-26-18-11-6-5-8-15(18)13-21-19(23)14(2)22(27(3,24)25)17-10-7-9-16(20)12-17/h5-12,14H,4,13H2,1-3H3,(H,21,23)/t14-/m0/s1. The molecule has 0 unspecified atom stereocenters. The van der Waals surface area contributed by atoms with Crippen molar-refractivity contribution < 1.29 is 17.9 Å². The zero-order valence-corrected chi connectivity index (χ0v) is 17.0. The molecule has 0 spiro atoms. The van der Waals surface area contributed by atoms with Crippen LogP contribution in [-0.2, 0) is 21.4 Å². The van der Waals surface area contributed by atoms with Gasteiger partial charge in [-0.3, -0.25) is 9.10 Å². The highest BCUT2D eigenvalue weighted by atomic mass is 35.5. The third-order valence-corrected chi connectivity index (χ3v) is 5.35. The molecule has 1 amide bonds. The van der Waals surface area contributed by atoms with Crippen LogP contribution in [0.15, 0.2) is 48.5 Å². The molecule has 0 heterocycles. The number of halogens is 1. The Bertz CT molecular complexity index is 902. The van der Waals surface area contributed by atoms with Crippen molar-refractivity contribution in [2.75, 3.05) is 17.2 Å². The predicted octanol–water partition coefficient (Wildman–Crippen LogP) is 3.21. The van der Waals surface area contributed by atoms with Gasteiger partial charge in [-0.15, -0.1) is 0 Å². The molecular weight excluding hydrogens is 388 g/mol. The fourth-order valence-electron chi connectivity index (χ4n) is 2.70. The molecule has 0 aliphatic rings. The van der Waals surface area contributed by atoms with Gasteiger partial charge in [-0.2, -0.15) is 0 Å². The summed E-state index contributed by atoms with van der Waals surface area (Å²) in [6, 6.07) is 12.8. The van der Waals surface area contributed by atoms with Gasteiger partial charge in [-0.1, -0.05) is 35.9 Å². The topological polar surface area (TPSA) is 75.7 Å². The van der Waals surface area contributed by atoms with Crippen LogP contribution in [-0.4, -0.2) is 33.2 Å². The molecule has 27 heavy (non-hydrogen) atoms. The summed E-state index contributed by atoms with van der Waals surface area (Å²) in [7, 11) is -3.69. The molecule has 2 aromatic carbocycles. The monoisotopic (exact) mass is 410 g/mol. The van der Waals surface area contributed by atoms with Crippen molar-refractivity contribution in [1.82, 2.24) is 5.32 Å². The van der Waals surface area contributed by atoms with Crippen LogP contribution in [0.5, 0.6) is 5.75 Å². The van der Waals surface area contributed by atoms with E-state index in [1.54, 1.807) is 18.2 Å². The minimum atomic E-state index is -3.69. The predicted molar refractivity (Wildman–Crippen MR) is 108 cm³/mol. The number of nitrogens with one attached hydrogen (secondary N) is 1. The van der Waals surface area contributed by atoms with Crippen LogP contribution in [0.3, 0.4) is 0 Å². The number of ether oxygens (including phenoxy) is 1. The third-order valence-electron chi connectivity index (χ3n) is 3.88. The van der Waals surface area contributed by atoms with Crippen LogP contribution in [0.1, 0.15) is 19.4 Å². The largest absolute Gasteiger partial charge is 0.494 e. The number of benzene rings is 2. The van der Waals surface area contributed by atoms with E-state index in [9.17, 15) is 13.2 Å². The van der Waals surface area contributed by atoms with Gasteiger partial charge in [0.1, 0.15) is 11.8 Å². The first-order valence-electron chi connectivity index (χ1n) is 8.47. The second kappa shape index (κ2) is 9.10. The average Bonchev–Trinajstić information content (AvgIpc) is 2.60. The quantitative estimate of drug-likeness (QED) is 0.725. The normalized spacial score (nSPS) is 12.3. The minimum absolute atomic E-state index is 0.229. The molecule has 8 heteroatoms. The summed E-state index contributed by atoms with van der Waals surface area (Å²) in [5.74, 6) is 0.259. The Kier molecular flexibility index (Phi) is 7.10. The highest BCUT2D eigenvalue weighted by Gasteiger charge is 2.29. The number of hydrogen-bond acceptors (Lipinski definition) is 4. The summed E-state index contributed by atoms with van der Waals surface area (Å²) >= 11 is 5.98. The maximum atomic E-state index is 12.6. The van der Waals surface area contributed by atoms with Crippen LogP contribution in [0.25, 0.3) is 0 Å². The van der Waals surface area contributed by atoms with Crippen molar-refractivity contribution >= 4 is 33.2 Å². The van der Waals surface area contributed by atoms with E-state index in [1.165, 1.54) is 13.0 Å². The van der Waals surface area contributed by atoms with E-state index in [0.29, 0.717) is 23.1 Å². The van der Waals surface area contributed by atoms with Gasteiger partial charge in [-0.05, 0) is 38.1 Å². The molecule has 2 rings (SSSR count). The molecule has 1 atom stereocenters. The fraction of sp³-hybridized carbons (Fsp3) is 0.316. The molecule has 0 saturated carbocycles. The molecule has 2 aromatic rings. The molecule has 1 N–H and O–H groups in total. The van der Waals surface area contributed by atoms with Crippen molar-refractivity contribution in [3.63, 3.8) is 0 Å². The molecule has 0 bridgehead atoms. The lowest BCUT2D eigenvalue weighted by molar-refractivity contribution is -0.122. The fourth-order valence-corrected chi connectivity index (χ4v) is 4.05. The summed E-state index contributed by atoms with van der Waals surface area (Å²) in [6.07, 6.45) is 1.06. The van der Waals surface area contributed by atoms with Gasteiger partial charge < -0.3 is 10.1 Å². The molecule has 0 fully saturated rings. The van der Waals surface area contributed by atoms with Crippen molar-refractivity contribution in [2.45, 2.75) is 26.4 Å². The number of amides is 1. The van der Waals surface area contributed by atoms with E-state index in [-0.39, 0.29) is 6.54 Å². The van der Waals surface area contributed by atoms with Crippen LogP contribution >= 0.6 is 11.6 Å². The van der Waals surface area contributed by atoms with E-state index in [2.05, 4.69) is 5.32 Å². The minimum Gasteiger partial charge on any atom is -0.494 e. The number of carbonyl (C=O) groups is 1. The Labute approximate surface area is 165 Å². The van der Waals surface area contributed by atoms with Gasteiger partial charge in [0.2, 0.25) is 15.9 Å². The van der Waals surface area contributed by atoms with Gasteiger partial charge in [0.05, 0.1) is 18.6 Å². The Hall–Kier alpha value is -2.25. The lowest BCUT2D eigenvalue weighted by Gasteiger charge is -2.28. The van der Waals surface area contributed by atoms with Crippen LogP contribution in [0.4, 0.5) is 5.69 Å². The van der Waals surface area contributed by atoms with Crippen LogP contribution < -0.4 is 14.4 Å². The zero-order valence-electron chi connectivity index (χ0n) is 15.5. The van der Waals surface area contributed by atoms with Gasteiger partial charge in [-0.25, -0.2) is 8.42 Å². The van der Waals surface area contributed by atoms with E-state index < -0.39 is 22.0 Å². The summed E-state index contributed by atoms with van der Waals surface area (Å²) in [4.78, 5) is 12.6. The summed E-state index contributed by atoms with van der Waals surface area (Å²) < 4.78 is 31.2. The van der Waals surface area contributed by atoms with E-state index in [4.69, 9.17) is 16.3 Å². The molecule has 0 aromatic heterocycles. The van der Waals surface area contributed by atoms with Gasteiger partial charge in [0.25, 0.3) is 0 Å². The highest BCUT2D eigenvalue weighted by molar-refractivity contribution is 7.92. The first-order valence-corrected chi connectivity index (χ1v) is 10.7. The van der Waals surface area contributed by atoms with Crippen LogP contribution in [0.2, 0.25) is 5.02 Å². The SMILES string of the molecule is CCOc1ccccc1CNC(=O)[C@H](C)N(c1cccc(Cl)c1)S(C)(=O)=O. The number of carbonyl (C=O) groups excluding carboxylic acids is 1. The van der Waals surface area contributed by atoms with Crippen molar-refractivity contribution in [3.8, 4) is 5.75 Å². The Morgan fingerprint density at radius 3 is 2.56 bits per heavy atom. The number of nitrogens with zero attached hydrogens (tertiary/aromatic N) is 1. The summed E-state index contributed by atoms with van der Waals surface area (Å²) in [5.41, 5.74) is 1.15. The summed E-state index contributed by atoms with van der Waals surface area (Å²) in [5, 5.41) is 3.16. The zero-order chi connectivity index (χ0) is 20.0.